The molecule has 1 heterocycles. The Morgan fingerprint density at radius 3 is 2.50 bits per heavy atom. The number of nitrogen functional groups attached to an aromatic ring is 1. The Bertz CT molecular complexity index is 471. The van der Waals surface area contributed by atoms with Crippen LogP contribution in [0.2, 0.25) is 0 Å². The summed E-state index contributed by atoms with van der Waals surface area (Å²) in [5.41, 5.74) is 1.91. The molecule has 0 unspecified atom stereocenters. The Morgan fingerprint density at radius 2 is 2.06 bits per heavy atom. The van der Waals surface area contributed by atoms with E-state index >= 15 is 0 Å². The molecule has 1 aromatic heterocycles. The molecule has 0 aliphatic heterocycles. The first-order chi connectivity index (χ1) is 7.27. The third-order valence-electron chi connectivity index (χ3n) is 2.21. The van der Waals surface area contributed by atoms with E-state index in [-0.39, 0.29) is 11.0 Å². The zero-order valence-corrected chi connectivity index (χ0v) is 9.87. The molecular formula is C10H16N4O2. The molecule has 0 aliphatic carbocycles. The van der Waals surface area contributed by atoms with Crippen LogP contribution in [-0.2, 0) is 12.5 Å². The summed E-state index contributed by atoms with van der Waals surface area (Å²) in [6.45, 7) is 5.85. The molecule has 0 saturated carbocycles. The van der Waals surface area contributed by atoms with Gasteiger partial charge >= 0.3 is 0 Å². The summed E-state index contributed by atoms with van der Waals surface area (Å²) in [5, 5.41) is 4.10. The van der Waals surface area contributed by atoms with Crippen molar-refractivity contribution < 1.29 is 4.79 Å². The Balaban J connectivity index is 3.46. The predicted octanol–water partition coefficient (Wildman–Crippen LogP) is -0.319. The number of hydrazine groups is 1. The second-order valence-corrected chi connectivity index (χ2v) is 4.60. The lowest BCUT2D eigenvalue weighted by atomic mass is 9.91. The van der Waals surface area contributed by atoms with E-state index < -0.39 is 11.5 Å². The molecule has 1 amide bonds. The summed E-state index contributed by atoms with van der Waals surface area (Å²) >= 11 is 0. The molecule has 0 aromatic carbocycles. The second kappa shape index (κ2) is 4.05. The lowest BCUT2D eigenvalue weighted by molar-refractivity contribution is 0.0951. The van der Waals surface area contributed by atoms with Crippen molar-refractivity contribution in [1.29, 1.82) is 0 Å². The summed E-state index contributed by atoms with van der Waals surface area (Å²) in [6.07, 6.45) is 0. The zero-order chi connectivity index (χ0) is 12.5. The third-order valence-corrected chi connectivity index (χ3v) is 2.21. The molecule has 0 bridgehead atoms. The summed E-state index contributed by atoms with van der Waals surface area (Å²) in [6, 6.07) is 1.48. The largest absolute Gasteiger partial charge is 0.290 e. The molecule has 6 heteroatoms. The van der Waals surface area contributed by atoms with Gasteiger partial charge in [-0.15, -0.1) is 0 Å². The summed E-state index contributed by atoms with van der Waals surface area (Å²) < 4.78 is 1.14. The summed E-state index contributed by atoms with van der Waals surface area (Å²) in [5.74, 6) is 4.41. The SMILES string of the molecule is Cn1nc(C(C)(C)C)cc(C(=O)NN)c1=O. The molecule has 16 heavy (non-hydrogen) atoms. The highest BCUT2D eigenvalue weighted by atomic mass is 16.2. The van der Waals surface area contributed by atoms with Gasteiger partial charge in [-0.1, -0.05) is 20.8 Å². The Labute approximate surface area is 93.4 Å². The normalized spacial score (nSPS) is 11.3. The predicted molar refractivity (Wildman–Crippen MR) is 59.8 cm³/mol. The van der Waals surface area contributed by atoms with Gasteiger partial charge in [0.1, 0.15) is 5.56 Å². The second-order valence-electron chi connectivity index (χ2n) is 4.60. The number of amides is 1. The number of nitrogens with one attached hydrogen (secondary N) is 1. The van der Waals surface area contributed by atoms with Crippen LogP contribution in [0.4, 0.5) is 0 Å². The van der Waals surface area contributed by atoms with Crippen LogP contribution < -0.4 is 16.8 Å². The summed E-state index contributed by atoms with van der Waals surface area (Å²) in [4.78, 5) is 23.0. The molecular weight excluding hydrogens is 208 g/mol. The lowest BCUT2D eigenvalue weighted by Crippen LogP contribution is -2.38. The number of aromatic nitrogens is 2. The fourth-order valence-corrected chi connectivity index (χ4v) is 1.22. The van der Waals surface area contributed by atoms with Crippen molar-refractivity contribution >= 4 is 5.91 Å². The number of nitrogens with two attached hydrogens (primary N) is 1. The highest BCUT2D eigenvalue weighted by Gasteiger charge is 2.20. The first kappa shape index (κ1) is 12.4. The molecule has 3 N–H and O–H groups in total. The van der Waals surface area contributed by atoms with Gasteiger partial charge in [-0.05, 0) is 6.07 Å². The molecule has 0 aliphatic rings. The standard InChI is InChI=1S/C10H16N4O2/c1-10(2,3)7-5-6(8(15)12-11)9(16)14(4)13-7/h5H,11H2,1-4H3,(H,12,15). The van der Waals surface area contributed by atoms with Crippen LogP contribution in [0.1, 0.15) is 36.8 Å². The number of carbonyl (C=O) groups is 1. The molecule has 1 rings (SSSR count). The highest BCUT2D eigenvalue weighted by Crippen LogP contribution is 2.19. The van der Waals surface area contributed by atoms with Crippen molar-refractivity contribution in [1.82, 2.24) is 15.2 Å². The van der Waals surface area contributed by atoms with Crippen LogP contribution in [0.25, 0.3) is 0 Å². The Hall–Kier alpha value is -1.69. The number of aryl methyl sites for hydroxylation is 1. The summed E-state index contributed by atoms with van der Waals surface area (Å²) in [7, 11) is 1.50. The van der Waals surface area contributed by atoms with Gasteiger partial charge in [0.15, 0.2) is 0 Å². The number of nitrogens with zero attached hydrogens (tertiary/aromatic N) is 2. The molecule has 6 nitrogen and oxygen atoms in total. The van der Waals surface area contributed by atoms with Crippen molar-refractivity contribution in [2.75, 3.05) is 0 Å². The quantitative estimate of drug-likeness (QED) is 0.388. The van der Waals surface area contributed by atoms with Gasteiger partial charge in [-0.2, -0.15) is 5.10 Å². The fourth-order valence-electron chi connectivity index (χ4n) is 1.22. The maximum Gasteiger partial charge on any atom is 0.279 e. The van der Waals surface area contributed by atoms with E-state index in [1.165, 1.54) is 13.1 Å². The van der Waals surface area contributed by atoms with Crippen molar-refractivity contribution in [2.45, 2.75) is 26.2 Å². The van der Waals surface area contributed by atoms with Crippen LogP contribution in [0.5, 0.6) is 0 Å². The molecule has 0 atom stereocenters. The zero-order valence-electron chi connectivity index (χ0n) is 9.87. The van der Waals surface area contributed by atoms with Crippen molar-refractivity contribution in [3.05, 3.63) is 27.7 Å². The highest BCUT2D eigenvalue weighted by molar-refractivity contribution is 5.93. The Kier molecular flexibility index (Phi) is 3.14. The fraction of sp³-hybridized carbons (Fsp3) is 0.500. The number of hydrogen-bond donors (Lipinski definition) is 2. The van der Waals surface area contributed by atoms with Gasteiger partial charge in [0, 0.05) is 12.5 Å². The average molecular weight is 224 g/mol. The van der Waals surface area contributed by atoms with Crippen LogP contribution in [-0.4, -0.2) is 15.7 Å². The molecule has 0 fully saturated rings. The van der Waals surface area contributed by atoms with Crippen molar-refractivity contribution in [2.24, 2.45) is 12.9 Å². The molecule has 0 radical (unpaired) electrons. The monoisotopic (exact) mass is 224 g/mol. The maximum atomic E-state index is 11.6. The first-order valence-corrected chi connectivity index (χ1v) is 4.87. The van der Waals surface area contributed by atoms with E-state index in [9.17, 15) is 9.59 Å². The van der Waals surface area contributed by atoms with Crippen molar-refractivity contribution in [3.8, 4) is 0 Å². The first-order valence-electron chi connectivity index (χ1n) is 4.87. The van der Waals surface area contributed by atoms with Gasteiger partial charge in [-0.3, -0.25) is 15.0 Å². The third kappa shape index (κ3) is 2.27. The van der Waals surface area contributed by atoms with E-state index in [1.54, 1.807) is 0 Å². The van der Waals surface area contributed by atoms with Gasteiger partial charge < -0.3 is 0 Å². The number of rotatable bonds is 1. The molecule has 0 spiro atoms. The van der Waals surface area contributed by atoms with E-state index in [1.807, 2.05) is 26.2 Å². The van der Waals surface area contributed by atoms with Crippen molar-refractivity contribution in [3.63, 3.8) is 0 Å². The van der Waals surface area contributed by atoms with Crippen LogP contribution in [0.3, 0.4) is 0 Å². The maximum absolute atomic E-state index is 11.6. The topological polar surface area (TPSA) is 90.0 Å². The van der Waals surface area contributed by atoms with Gasteiger partial charge in [0.2, 0.25) is 0 Å². The van der Waals surface area contributed by atoms with Gasteiger partial charge in [0.25, 0.3) is 11.5 Å². The van der Waals surface area contributed by atoms with Crippen LogP contribution in [0.15, 0.2) is 10.9 Å². The smallest absolute Gasteiger partial charge is 0.279 e. The lowest BCUT2D eigenvalue weighted by Gasteiger charge is -2.18. The molecule has 88 valence electrons. The minimum atomic E-state index is -0.603. The van der Waals surface area contributed by atoms with Gasteiger partial charge in [-0.25, -0.2) is 10.5 Å². The van der Waals surface area contributed by atoms with Crippen LogP contribution in [0, 0.1) is 0 Å². The minimum Gasteiger partial charge on any atom is -0.290 e. The Morgan fingerprint density at radius 1 is 1.50 bits per heavy atom. The van der Waals surface area contributed by atoms with E-state index in [0.717, 1.165) is 4.68 Å². The van der Waals surface area contributed by atoms with E-state index in [0.29, 0.717) is 5.69 Å². The van der Waals surface area contributed by atoms with E-state index in [4.69, 9.17) is 5.84 Å². The minimum absolute atomic E-state index is 0.00456. The molecule has 1 aromatic rings. The average Bonchev–Trinajstić information content (AvgIpc) is 2.19. The van der Waals surface area contributed by atoms with E-state index in [2.05, 4.69) is 5.10 Å². The molecule has 0 saturated heterocycles. The number of hydrogen-bond acceptors (Lipinski definition) is 4. The van der Waals surface area contributed by atoms with Crippen LogP contribution >= 0.6 is 0 Å². The van der Waals surface area contributed by atoms with Gasteiger partial charge in [0.05, 0.1) is 5.69 Å². The number of carbonyl (C=O) groups excluding carboxylic acids is 1.